The van der Waals surface area contributed by atoms with E-state index in [1.54, 1.807) is 24.3 Å². The number of aliphatic hydroxyl groups excluding tert-OH is 1. The molecular formula is C21H24F2N2O. The van der Waals surface area contributed by atoms with Crippen molar-refractivity contribution in [3.63, 3.8) is 0 Å². The fraction of sp³-hybridized carbons (Fsp3) is 0.429. The molecule has 0 radical (unpaired) electrons. The van der Waals surface area contributed by atoms with E-state index in [0.717, 1.165) is 50.1 Å². The smallest absolute Gasteiger partial charge is 0.123 e. The maximum Gasteiger partial charge on any atom is 0.123 e. The Kier molecular flexibility index (Phi) is 4.78. The number of halogens is 2. The molecule has 26 heavy (non-hydrogen) atoms. The summed E-state index contributed by atoms with van der Waals surface area (Å²) in [4.78, 5) is 2.33. The maximum absolute atomic E-state index is 13.4. The van der Waals surface area contributed by atoms with Crippen molar-refractivity contribution < 1.29 is 13.9 Å². The van der Waals surface area contributed by atoms with Gasteiger partial charge in [-0.25, -0.2) is 8.78 Å². The van der Waals surface area contributed by atoms with E-state index in [0.29, 0.717) is 0 Å². The summed E-state index contributed by atoms with van der Waals surface area (Å²) in [5, 5.41) is 14.0. The molecule has 2 heterocycles. The van der Waals surface area contributed by atoms with Gasteiger partial charge in [0.1, 0.15) is 11.6 Å². The zero-order valence-electron chi connectivity index (χ0n) is 14.7. The van der Waals surface area contributed by atoms with Gasteiger partial charge in [0.05, 0.1) is 12.1 Å². The first-order chi connectivity index (χ1) is 12.6. The molecule has 0 saturated carbocycles. The molecule has 0 aromatic heterocycles. The van der Waals surface area contributed by atoms with E-state index in [-0.39, 0.29) is 29.2 Å². The molecule has 2 aliphatic heterocycles. The van der Waals surface area contributed by atoms with Gasteiger partial charge in [-0.3, -0.25) is 4.90 Å². The van der Waals surface area contributed by atoms with Gasteiger partial charge < -0.3 is 10.4 Å². The van der Waals surface area contributed by atoms with Crippen LogP contribution < -0.4 is 5.32 Å². The van der Waals surface area contributed by atoms with E-state index in [1.807, 2.05) is 0 Å². The quantitative estimate of drug-likeness (QED) is 0.885. The van der Waals surface area contributed by atoms with Crippen LogP contribution in [0, 0.1) is 17.0 Å². The van der Waals surface area contributed by atoms with Gasteiger partial charge in [0.15, 0.2) is 0 Å². The first kappa shape index (κ1) is 17.6. The monoisotopic (exact) mass is 358 g/mol. The minimum Gasteiger partial charge on any atom is -0.392 e. The van der Waals surface area contributed by atoms with Crippen molar-refractivity contribution in [2.45, 2.75) is 25.0 Å². The second-order valence-corrected chi connectivity index (χ2v) is 7.57. The predicted molar refractivity (Wildman–Crippen MR) is 96.8 cm³/mol. The van der Waals surface area contributed by atoms with Crippen molar-refractivity contribution in [1.82, 2.24) is 10.2 Å². The number of nitrogens with zero attached hydrogens (tertiary/aromatic N) is 1. The molecule has 0 bridgehead atoms. The summed E-state index contributed by atoms with van der Waals surface area (Å²) in [7, 11) is 0. The number of benzene rings is 2. The van der Waals surface area contributed by atoms with Crippen LogP contribution in [0.5, 0.6) is 0 Å². The molecule has 2 aliphatic rings. The lowest BCUT2D eigenvalue weighted by molar-refractivity contribution is 0.00380. The number of likely N-dealkylation sites (tertiary alicyclic amines) is 1. The molecular weight excluding hydrogens is 334 g/mol. The first-order valence-electron chi connectivity index (χ1n) is 9.21. The average Bonchev–Trinajstić information content (AvgIpc) is 3.06. The lowest BCUT2D eigenvalue weighted by Crippen LogP contribution is -2.51. The Morgan fingerprint density at radius 2 is 1.58 bits per heavy atom. The molecule has 1 spiro atoms. The topological polar surface area (TPSA) is 35.5 Å². The van der Waals surface area contributed by atoms with Crippen molar-refractivity contribution in [3.05, 3.63) is 71.3 Å². The second kappa shape index (κ2) is 7.06. The summed E-state index contributed by atoms with van der Waals surface area (Å²) in [6, 6.07) is 13.0. The number of aliphatic hydroxyl groups is 1. The third-order valence-electron chi connectivity index (χ3n) is 5.93. The molecule has 3 nitrogen and oxygen atoms in total. The zero-order valence-corrected chi connectivity index (χ0v) is 14.7. The van der Waals surface area contributed by atoms with Crippen LogP contribution in [0.2, 0.25) is 0 Å². The summed E-state index contributed by atoms with van der Waals surface area (Å²) >= 11 is 0. The van der Waals surface area contributed by atoms with Gasteiger partial charge in [0.2, 0.25) is 0 Å². The number of hydrogen-bond donors (Lipinski definition) is 2. The minimum atomic E-state index is -0.309. The fourth-order valence-corrected chi connectivity index (χ4v) is 4.47. The van der Waals surface area contributed by atoms with Crippen molar-refractivity contribution >= 4 is 0 Å². The van der Waals surface area contributed by atoms with Crippen LogP contribution in [0.4, 0.5) is 8.78 Å². The van der Waals surface area contributed by atoms with Crippen LogP contribution in [-0.4, -0.2) is 42.3 Å². The van der Waals surface area contributed by atoms with Crippen molar-refractivity contribution in [2.75, 3.05) is 26.2 Å². The summed E-state index contributed by atoms with van der Waals surface area (Å²) in [6.45, 7) is 3.27. The Morgan fingerprint density at radius 1 is 1.00 bits per heavy atom. The largest absolute Gasteiger partial charge is 0.392 e. The summed E-state index contributed by atoms with van der Waals surface area (Å²) in [6.07, 6.45) is 1.38. The minimum absolute atomic E-state index is 0.0790. The number of rotatable bonds is 3. The van der Waals surface area contributed by atoms with Crippen LogP contribution in [0.15, 0.2) is 48.5 Å². The molecule has 0 aliphatic carbocycles. The van der Waals surface area contributed by atoms with E-state index in [4.69, 9.17) is 0 Å². The van der Waals surface area contributed by atoms with E-state index < -0.39 is 0 Å². The lowest BCUT2D eigenvalue weighted by atomic mass is 9.77. The normalized spacial score (nSPS) is 26.7. The van der Waals surface area contributed by atoms with Gasteiger partial charge in [-0.2, -0.15) is 0 Å². The highest BCUT2D eigenvalue weighted by Crippen LogP contribution is 2.42. The first-order valence-corrected chi connectivity index (χ1v) is 9.21. The second-order valence-electron chi connectivity index (χ2n) is 7.57. The molecule has 2 atom stereocenters. The molecule has 2 aromatic rings. The highest BCUT2D eigenvalue weighted by molar-refractivity contribution is 5.33. The van der Waals surface area contributed by atoms with Crippen LogP contribution >= 0.6 is 0 Å². The third kappa shape index (κ3) is 3.27. The molecule has 4 rings (SSSR count). The van der Waals surface area contributed by atoms with E-state index in [1.165, 1.54) is 24.3 Å². The Morgan fingerprint density at radius 3 is 2.12 bits per heavy atom. The number of piperidine rings is 1. The maximum atomic E-state index is 13.4. The Labute approximate surface area is 152 Å². The molecule has 2 fully saturated rings. The van der Waals surface area contributed by atoms with Gasteiger partial charge in [-0.1, -0.05) is 24.3 Å². The van der Waals surface area contributed by atoms with Crippen molar-refractivity contribution in [1.29, 1.82) is 0 Å². The summed E-state index contributed by atoms with van der Waals surface area (Å²) in [5.74, 6) is -0.534. The molecule has 138 valence electrons. The fourth-order valence-electron chi connectivity index (χ4n) is 4.47. The molecule has 0 amide bonds. The summed E-state index contributed by atoms with van der Waals surface area (Å²) < 4.78 is 26.8. The molecule has 2 N–H and O–H groups in total. The SMILES string of the molecule is OC1CCNCC12CCN(C(c1ccc(F)cc1)c1ccc(F)cc1)C2. The Bertz CT molecular complexity index is 704. The summed E-state index contributed by atoms with van der Waals surface area (Å²) in [5.41, 5.74) is 1.82. The number of nitrogens with one attached hydrogen (secondary N) is 1. The third-order valence-corrected chi connectivity index (χ3v) is 5.93. The van der Waals surface area contributed by atoms with Gasteiger partial charge >= 0.3 is 0 Å². The van der Waals surface area contributed by atoms with Crippen LogP contribution in [0.1, 0.15) is 30.0 Å². The Hall–Kier alpha value is -1.82. The zero-order chi connectivity index (χ0) is 18.1. The molecule has 2 aromatic carbocycles. The lowest BCUT2D eigenvalue weighted by Gasteiger charge is -2.39. The highest BCUT2D eigenvalue weighted by Gasteiger charge is 2.47. The van der Waals surface area contributed by atoms with Gasteiger partial charge in [0.25, 0.3) is 0 Å². The van der Waals surface area contributed by atoms with Crippen molar-refractivity contribution in [2.24, 2.45) is 5.41 Å². The van der Waals surface area contributed by atoms with Crippen molar-refractivity contribution in [3.8, 4) is 0 Å². The number of hydrogen-bond acceptors (Lipinski definition) is 3. The van der Waals surface area contributed by atoms with Gasteiger partial charge in [-0.05, 0) is 61.3 Å². The van der Waals surface area contributed by atoms with Gasteiger partial charge in [-0.15, -0.1) is 0 Å². The van der Waals surface area contributed by atoms with Gasteiger partial charge in [0, 0.05) is 18.5 Å². The van der Waals surface area contributed by atoms with Crippen LogP contribution in [0.3, 0.4) is 0 Å². The molecule has 2 saturated heterocycles. The molecule has 2 unspecified atom stereocenters. The van der Waals surface area contributed by atoms with E-state index in [9.17, 15) is 13.9 Å². The average molecular weight is 358 g/mol. The van der Waals surface area contributed by atoms with E-state index >= 15 is 0 Å². The molecule has 5 heteroatoms. The van der Waals surface area contributed by atoms with Crippen LogP contribution in [0.25, 0.3) is 0 Å². The standard InChI is InChI=1S/C21H24F2N2O/c22-17-5-1-15(2-6-17)20(16-3-7-18(23)8-4-16)25-12-10-21(14-25)13-24-11-9-19(21)26/h1-8,19-20,24,26H,9-14H2. The predicted octanol–water partition coefficient (Wildman–Crippen LogP) is 3.10. The highest BCUT2D eigenvalue weighted by atomic mass is 19.1. The Balaban J connectivity index is 1.67. The van der Waals surface area contributed by atoms with Crippen LogP contribution in [-0.2, 0) is 0 Å². The van der Waals surface area contributed by atoms with E-state index in [2.05, 4.69) is 10.2 Å².